The molecule has 0 aliphatic carbocycles. The summed E-state index contributed by atoms with van der Waals surface area (Å²) in [5.74, 6) is 0.0927. The summed E-state index contributed by atoms with van der Waals surface area (Å²) in [6, 6.07) is 28.3. The lowest BCUT2D eigenvalue weighted by Crippen LogP contribution is -2.20. The fourth-order valence-corrected chi connectivity index (χ4v) is 5.10. The number of benzene rings is 4. The summed E-state index contributed by atoms with van der Waals surface area (Å²) in [5, 5.41) is 14.0. The van der Waals surface area contributed by atoms with Gasteiger partial charge in [-0.15, -0.1) is 0 Å². The third-order valence-corrected chi connectivity index (χ3v) is 7.82. The number of methoxy groups -OCH3 is 2. The van der Waals surface area contributed by atoms with Crippen LogP contribution in [0.2, 0.25) is 0 Å². The highest BCUT2D eigenvalue weighted by Gasteiger charge is 2.23. The van der Waals surface area contributed by atoms with Gasteiger partial charge in [0.2, 0.25) is 5.82 Å². The average Bonchev–Trinajstić information content (AvgIpc) is 3.54. The minimum atomic E-state index is -1.00. The van der Waals surface area contributed by atoms with Crippen molar-refractivity contribution in [2.45, 2.75) is 39.0 Å². The van der Waals surface area contributed by atoms with Crippen LogP contribution in [0.1, 0.15) is 48.7 Å². The molecular formula is C37H36N2O6. The van der Waals surface area contributed by atoms with Crippen LogP contribution in [0.5, 0.6) is 11.5 Å². The normalized spacial score (nSPS) is 12.0. The standard InChI is InChI=1S/C37H36N2O6/c1-37(2,3)30-17-14-25(15-18-30)31(40)21-29(36(41)42)20-23-6-8-26(9-7-23)34-38-35(45-39-34)27-12-10-24(11-13-27)28-16-19-32(43-4)33(22-28)44-5/h6-19,22,29H,20-21H2,1-5H3,(H,41,42)/t29-/m1/s1. The highest BCUT2D eigenvalue weighted by molar-refractivity contribution is 5.98. The summed E-state index contributed by atoms with van der Waals surface area (Å²) >= 11 is 0. The van der Waals surface area contributed by atoms with Gasteiger partial charge in [-0.1, -0.05) is 92.7 Å². The molecule has 0 aliphatic heterocycles. The number of ether oxygens (including phenoxy) is 2. The maximum atomic E-state index is 12.9. The predicted molar refractivity (Wildman–Crippen MR) is 173 cm³/mol. The first-order valence-electron chi connectivity index (χ1n) is 14.7. The minimum absolute atomic E-state index is 0.0279. The quantitative estimate of drug-likeness (QED) is 0.151. The van der Waals surface area contributed by atoms with Gasteiger partial charge in [-0.25, -0.2) is 0 Å². The molecule has 0 unspecified atom stereocenters. The molecule has 45 heavy (non-hydrogen) atoms. The van der Waals surface area contributed by atoms with Crippen molar-refractivity contribution in [3.63, 3.8) is 0 Å². The summed E-state index contributed by atoms with van der Waals surface area (Å²) in [6.07, 6.45) is 0.149. The van der Waals surface area contributed by atoms with Crippen LogP contribution in [-0.4, -0.2) is 41.2 Å². The minimum Gasteiger partial charge on any atom is -0.493 e. The Kier molecular flexibility index (Phi) is 9.13. The molecule has 5 aromatic rings. The van der Waals surface area contributed by atoms with Gasteiger partial charge in [-0.3, -0.25) is 9.59 Å². The highest BCUT2D eigenvalue weighted by atomic mass is 16.5. The molecule has 1 heterocycles. The van der Waals surface area contributed by atoms with Gasteiger partial charge in [0.05, 0.1) is 20.1 Å². The Morgan fingerprint density at radius 3 is 1.98 bits per heavy atom. The van der Waals surface area contributed by atoms with E-state index in [1.54, 1.807) is 26.4 Å². The van der Waals surface area contributed by atoms with E-state index >= 15 is 0 Å². The number of ketones is 1. The number of carboxylic acid groups (broad SMARTS) is 1. The van der Waals surface area contributed by atoms with Crippen molar-refractivity contribution in [1.82, 2.24) is 10.1 Å². The Hall–Kier alpha value is -5.24. The Bertz CT molecular complexity index is 1780. The second kappa shape index (κ2) is 13.2. The number of carbonyl (C=O) groups excluding carboxylic acids is 1. The van der Waals surface area contributed by atoms with Gasteiger partial charge < -0.3 is 19.1 Å². The fraction of sp³-hybridized carbons (Fsp3) is 0.243. The largest absolute Gasteiger partial charge is 0.493 e. The lowest BCUT2D eigenvalue weighted by atomic mass is 9.86. The summed E-state index contributed by atoms with van der Waals surface area (Å²) in [7, 11) is 3.21. The summed E-state index contributed by atoms with van der Waals surface area (Å²) in [4.78, 5) is 29.5. The lowest BCUT2D eigenvalue weighted by molar-refractivity contribution is -0.141. The fourth-order valence-electron chi connectivity index (χ4n) is 5.10. The first-order valence-corrected chi connectivity index (χ1v) is 14.7. The van der Waals surface area contributed by atoms with E-state index in [0.29, 0.717) is 28.8 Å². The molecule has 0 aliphatic rings. The molecule has 0 spiro atoms. The zero-order valence-electron chi connectivity index (χ0n) is 26.0. The van der Waals surface area contributed by atoms with E-state index in [0.717, 1.165) is 33.4 Å². The second-order valence-corrected chi connectivity index (χ2v) is 12.0. The van der Waals surface area contributed by atoms with Crippen molar-refractivity contribution in [3.8, 4) is 45.5 Å². The van der Waals surface area contributed by atoms with E-state index in [-0.39, 0.29) is 24.0 Å². The second-order valence-electron chi connectivity index (χ2n) is 12.0. The van der Waals surface area contributed by atoms with Crippen molar-refractivity contribution >= 4 is 11.8 Å². The van der Waals surface area contributed by atoms with Crippen LogP contribution in [0.25, 0.3) is 34.0 Å². The van der Waals surface area contributed by atoms with Gasteiger partial charge in [0.15, 0.2) is 17.3 Å². The number of carboxylic acids is 1. The number of rotatable bonds is 11. The van der Waals surface area contributed by atoms with E-state index in [4.69, 9.17) is 14.0 Å². The molecule has 230 valence electrons. The number of hydrogen-bond donors (Lipinski definition) is 1. The van der Waals surface area contributed by atoms with E-state index < -0.39 is 11.9 Å². The number of aromatic nitrogens is 2. The molecule has 1 aromatic heterocycles. The van der Waals surface area contributed by atoms with Gasteiger partial charge in [0, 0.05) is 23.1 Å². The third kappa shape index (κ3) is 7.29. The van der Waals surface area contributed by atoms with E-state index in [1.807, 2.05) is 78.9 Å². The lowest BCUT2D eigenvalue weighted by Gasteiger charge is -2.19. The van der Waals surface area contributed by atoms with Crippen molar-refractivity contribution in [3.05, 3.63) is 108 Å². The smallest absolute Gasteiger partial charge is 0.307 e. The summed E-state index contributed by atoms with van der Waals surface area (Å²) < 4.78 is 16.3. The molecule has 0 bridgehead atoms. The Labute approximate surface area is 262 Å². The average molecular weight is 605 g/mol. The Morgan fingerprint density at radius 1 is 0.778 bits per heavy atom. The topological polar surface area (TPSA) is 112 Å². The third-order valence-electron chi connectivity index (χ3n) is 7.82. The van der Waals surface area contributed by atoms with Gasteiger partial charge in [-0.05, 0) is 58.4 Å². The van der Waals surface area contributed by atoms with Crippen LogP contribution in [0.3, 0.4) is 0 Å². The Balaban J connectivity index is 1.24. The number of aliphatic carboxylic acids is 1. The van der Waals surface area contributed by atoms with Crippen molar-refractivity contribution in [2.75, 3.05) is 14.2 Å². The van der Waals surface area contributed by atoms with Crippen LogP contribution >= 0.6 is 0 Å². The number of hydrogen-bond acceptors (Lipinski definition) is 7. The van der Waals surface area contributed by atoms with Gasteiger partial charge in [-0.2, -0.15) is 4.98 Å². The molecule has 8 nitrogen and oxygen atoms in total. The van der Waals surface area contributed by atoms with E-state index in [1.165, 1.54) is 0 Å². The van der Waals surface area contributed by atoms with Gasteiger partial charge in [0.1, 0.15) is 0 Å². The zero-order chi connectivity index (χ0) is 32.1. The van der Waals surface area contributed by atoms with Crippen molar-refractivity contribution < 1.29 is 28.7 Å². The predicted octanol–water partition coefficient (Wildman–Crippen LogP) is 7.90. The van der Waals surface area contributed by atoms with E-state index in [2.05, 4.69) is 30.9 Å². The molecule has 0 radical (unpaired) electrons. The maximum absolute atomic E-state index is 12.9. The highest BCUT2D eigenvalue weighted by Crippen LogP contribution is 2.33. The van der Waals surface area contributed by atoms with Gasteiger partial charge in [0.25, 0.3) is 5.89 Å². The van der Waals surface area contributed by atoms with Crippen LogP contribution in [0.4, 0.5) is 0 Å². The van der Waals surface area contributed by atoms with Crippen LogP contribution in [-0.2, 0) is 16.6 Å². The van der Waals surface area contributed by atoms with Gasteiger partial charge >= 0.3 is 5.97 Å². The molecule has 1 atom stereocenters. The molecule has 5 rings (SSSR count). The number of Topliss-reactive ketones (excluding diaryl/α,β-unsaturated/α-hetero) is 1. The first kappa shape index (κ1) is 31.2. The molecule has 1 N–H and O–H groups in total. The van der Waals surface area contributed by atoms with Crippen LogP contribution < -0.4 is 9.47 Å². The summed E-state index contributed by atoms with van der Waals surface area (Å²) in [5.41, 5.74) is 5.90. The first-order chi connectivity index (χ1) is 21.5. The molecular weight excluding hydrogens is 568 g/mol. The zero-order valence-corrected chi connectivity index (χ0v) is 26.0. The SMILES string of the molecule is COc1ccc(-c2ccc(-c3nc(-c4ccc(C[C@H](CC(=O)c5ccc(C(C)(C)C)cc5)C(=O)O)cc4)no3)cc2)cc1OC. The molecule has 0 saturated carbocycles. The molecule has 4 aromatic carbocycles. The number of carbonyl (C=O) groups is 2. The molecule has 0 fully saturated rings. The molecule has 0 saturated heterocycles. The number of nitrogens with zero attached hydrogens (tertiary/aromatic N) is 2. The molecule has 0 amide bonds. The maximum Gasteiger partial charge on any atom is 0.307 e. The van der Waals surface area contributed by atoms with Crippen LogP contribution in [0.15, 0.2) is 95.5 Å². The Morgan fingerprint density at radius 2 is 1.38 bits per heavy atom. The van der Waals surface area contributed by atoms with E-state index in [9.17, 15) is 14.7 Å². The monoisotopic (exact) mass is 604 g/mol. The van der Waals surface area contributed by atoms with Crippen molar-refractivity contribution in [2.24, 2.45) is 5.92 Å². The van der Waals surface area contributed by atoms with Crippen molar-refractivity contribution in [1.29, 1.82) is 0 Å². The summed E-state index contributed by atoms with van der Waals surface area (Å²) in [6.45, 7) is 6.32. The van der Waals surface area contributed by atoms with Crippen LogP contribution in [0, 0.1) is 5.92 Å². The molecule has 8 heteroatoms.